The van der Waals surface area contributed by atoms with E-state index in [2.05, 4.69) is 55.6 Å². The molecule has 2 aromatic rings. The van der Waals surface area contributed by atoms with E-state index in [-0.39, 0.29) is 11.9 Å². The van der Waals surface area contributed by atoms with Gasteiger partial charge >= 0.3 is 0 Å². The van der Waals surface area contributed by atoms with Crippen molar-refractivity contribution < 1.29 is 14.4 Å². The van der Waals surface area contributed by atoms with E-state index < -0.39 is 0 Å². The summed E-state index contributed by atoms with van der Waals surface area (Å²) in [7, 11) is 0. The molecule has 1 saturated heterocycles. The van der Waals surface area contributed by atoms with Crippen molar-refractivity contribution in [3.8, 4) is 0 Å². The largest absolute Gasteiger partial charge is 0.370 e. The van der Waals surface area contributed by atoms with E-state index in [0.29, 0.717) is 0 Å². The number of ether oxygens (including phenoxy) is 1. The zero-order valence-electron chi connectivity index (χ0n) is 16.2. The van der Waals surface area contributed by atoms with Crippen LogP contribution in [0.3, 0.4) is 0 Å². The van der Waals surface area contributed by atoms with Crippen molar-refractivity contribution >= 4 is 12.0 Å². The summed E-state index contributed by atoms with van der Waals surface area (Å²) >= 11 is 0. The Morgan fingerprint density at radius 2 is 1.63 bits per heavy atom. The van der Waals surface area contributed by atoms with Gasteiger partial charge in [-0.1, -0.05) is 59.7 Å². The van der Waals surface area contributed by atoms with E-state index >= 15 is 0 Å². The summed E-state index contributed by atoms with van der Waals surface area (Å²) < 4.78 is 5.46. The first kappa shape index (κ1) is 19.3. The Balaban J connectivity index is 1.68. The lowest BCUT2D eigenvalue weighted by molar-refractivity contribution is -0.909. The van der Waals surface area contributed by atoms with Gasteiger partial charge in [0.15, 0.2) is 0 Å². The number of hydrogen-bond acceptors (Lipinski definition) is 2. The molecule has 0 radical (unpaired) electrons. The van der Waals surface area contributed by atoms with Gasteiger partial charge in [-0.05, 0) is 31.1 Å². The smallest absolute Gasteiger partial charge is 0.244 e. The lowest BCUT2D eigenvalue weighted by Gasteiger charge is -2.28. The summed E-state index contributed by atoms with van der Waals surface area (Å²) in [4.78, 5) is 14.0. The van der Waals surface area contributed by atoms with E-state index in [0.717, 1.165) is 44.0 Å². The summed E-state index contributed by atoms with van der Waals surface area (Å²) in [6, 6.07) is 16.6. The van der Waals surface area contributed by atoms with Crippen LogP contribution in [0.2, 0.25) is 0 Å². The van der Waals surface area contributed by atoms with Crippen LogP contribution in [0.15, 0.2) is 54.6 Å². The van der Waals surface area contributed by atoms with Gasteiger partial charge in [0.1, 0.15) is 25.7 Å². The highest BCUT2D eigenvalue weighted by Gasteiger charge is 2.22. The molecule has 0 aromatic heterocycles. The lowest BCUT2D eigenvalue weighted by atomic mass is 10.0. The van der Waals surface area contributed by atoms with Gasteiger partial charge in [-0.15, -0.1) is 0 Å². The van der Waals surface area contributed by atoms with E-state index in [9.17, 15) is 4.79 Å². The normalized spacial score (nSPS) is 16.4. The van der Waals surface area contributed by atoms with Gasteiger partial charge in [-0.3, -0.25) is 4.79 Å². The highest BCUT2D eigenvalue weighted by molar-refractivity contribution is 5.92. The van der Waals surface area contributed by atoms with Crippen molar-refractivity contribution in [3.05, 3.63) is 76.9 Å². The van der Waals surface area contributed by atoms with E-state index in [1.165, 1.54) is 16.0 Å². The third-order valence-electron chi connectivity index (χ3n) is 4.99. The third-order valence-corrected chi connectivity index (χ3v) is 4.99. The van der Waals surface area contributed by atoms with Crippen molar-refractivity contribution in [2.24, 2.45) is 0 Å². The fourth-order valence-electron chi connectivity index (χ4n) is 3.27. The van der Waals surface area contributed by atoms with E-state index in [4.69, 9.17) is 4.74 Å². The van der Waals surface area contributed by atoms with Gasteiger partial charge in [0.2, 0.25) is 5.91 Å². The number of rotatable bonds is 6. The number of carbonyl (C=O) groups excluding carboxylic acids is 1. The number of amides is 1. The summed E-state index contributed by atoms with van der Waals surface area (Å²) in [5.74, 6) is -0.0613. The Kier molecular flexibility index (Phi) is 6.80. The average molecular weight is 365 g/mol. The Morgan fingerprint density at radius 3 is 2.26 bits per heavy atom. The molecule has 0 bridgehead atoms. The number of carbonyl (C=O) groups is 1. The summed E-state index contributed by atoms with van der Waals surface area (Å²) in [5.41, 5.74) is 4.62. The molecule has 0 aliphatic carbocycles. The highest BCUT2D eigenvalue weighted by atomic mass is 16.5. The zero-order valence-corrected chi connectivity index (χ0v) is 16.2. The van der Waals surface area contributed by atoms with Crippen LogP contribution in [-0.4, -0.2) is 38.8 Å². The maximum atomic E-state index is 12.5. The van der Waals surface area contributed by atoms with Crippen molar-refractivity contribution in [3.63, 3.8) is 0 Å². The quantitative estimate of drug-likeness (QED) is 0.770. The number of quaternary nitrogens is 1. The second kappa shape index (κ2) is 9.49. The molecule has 4 heteroatoms. The SMILES string of the molecule is Cc1ccc(/C=C/C(=O)N[C@@H](C[NH+]2CCOCC2)c2ccc(C)cc2)cc1. The van der Waals surface area contributed by atoms with Gasteiger partial charge in [-0.2, -0.15) is 0 Å². The summed E-state index contributed by atoms with van der Waals surface area (Å²) in [6.45, 7) is 8.55. The molecule has 142 valence electrons. The number of aryl methyl sites for hydroxylation is 2. The van der Waals surface area contributed by atoms with Crippen LogP contribution in [-0.2, 0) is 9.53 Å². The molecule has 0 saturated carbocycles. The molecule has 1 aliphatic heterocycles. The highest BCUT2D eigenvalue weighted by Crippen LogP contribution is 2.13. The maximum absolute atomic E-state index is 12.5. The Hall–Kier alpha value is -2.43. The van der Waals surface area contributed by atoms with Crippen LogP contribution in [0.5, 0.6) is 0 Å². The van der Waals surface area contributed by atoms with Crippen LogP contribution in [0.4, 0.5) is 0 Å². The third kappa shape index (κ3) is 6.05. The maximum Gasteiger partial charge on any atom is 0.244 e. The van der Waals surface area contributed by atoms with Crippen LogP contribution >= 0.6 is 0 Å². The molecule has 3 rings (SSSR count). The minimum Gasteiger partial charge on any atom is -0.370 e. The van der Waals surface area contributed by atoms with Crippen molar-refractivity contribution in [1.29, 1.82) is 0 Å². The van der Waals surface area contributed by atoms with Crippen molar-refractivity contribution in [2.75, 3.05) is 32.8 Å². The monoisotopic (exact) mass is 365 g/mol. The van der Waals surface area contributed by atoms with Crippen molar-refractivity contribution in [1.82, 2.24) is 5.32 Å². The zero-order chi connectivity index (χ0) is 19.1. The van der Waals surface area contributed by atoms with Gasteiger partial charge in [0.05, 0.1) is 13.2 Å². The first-order chi connectivity index (χ1) is 13.1. The molecule has 1 amide bonds. The second-order valence-corrected chi connectivity index (χ2v) is 7.28. The molecule has 1 heterocycles. The van der Waals surface area contributed by atoms with E-state index in [1.54, 1.807) is 6.08 Å². The molecular formula is C23H29N2O2+. The van der Waals surface area contributed by atoms with Crippen molar-refractivity contribution in [2.45, 2.75) is 19.9 Å². The number of nitrogens with one attached hydrogen (secondary N) is 2. The molecule has 2 N–H and O–H groups in total. The Bertz CT molecular complexity index is 760. The first-order valence-electron chi connectivity index (χ1n) is 9.63. The topological polar surface area (TPSA) is 42.8 Å². The minimum atomic E-state index is -0.0613. The number of hydrogen-bond donors (Lipinski definition) is 2. The van der Waals surface area contributed by atoms with Crippen LogP contribution < -0.4 is 10.2 Å². The standard InChI is InChI=1S/C23H28N2O2/c1-18-3-7-20(8-4-18)9-12-23(26)24-22(17-25-13-15-27-16-14-25)21-10-5-19(2)6-11-21/h3-12,22H,13-17H2,1-2H3,(H,24,26)/p+1/b12-9+/t22-/m0/s1. The van der Waals surface area contributed by atoms with Gasteiger partial charge in [0, 0.05) is 6.08 Å². The predicted molar refractivity (Wildman–Crippen MR) is 109 cm³/mol. The Morgan fingerprint density at radius 1 is 1.04 bits per heavy atom. The van der Waals surface area contributed by atoms with Gasteiger partial charge in [-0.25, -0.2) is 0 Å². The average Bonchev–Trinajstić information content (AvgIpc) is 2.68. The fraction of sp³-hybridized carbons (Fsp3) is 0.348. The minimum absolute atomic E-state index is 0.00568. The molecule has 0 unspecified atom stereocenters. The molecular weight excluding hydrogens is 336 g/mol. The van der Waals surface area contributed by atoms with Crippen LogP contribution in [0, 0.1) is 13.8 Å². The molecule has 2 aromatic carbocycles. The number of benzene rings is 2. The van der Waals surface area contributed by atoms with Crippen LogP contribution in [0.25, 0.3) is 6.08 Å². The molecule has 4 nitrogen and oxygen atoms in total. The first-order valence-corrected chi connectivity index (χ1v) is 9.63. The number of morpholine rings is 1. The molecule has 27 heavy (non-hydrogen) atoms. The van der Waals surface area contributed by atoms with Crippen LogP contribution in [0.1, 0.15) is 28.3 Å². The van der Waals surface area contributed by atoms with E-state index in [1.807, 2.05) is 18.2 Å². The molecule has 1 aliphatic rings. The van der Waals surface area contributed by atoms with Gasteiger partial charge in [0.25, 0.3) is 0 Å². The second-order valence-electron chi connectivity index (χ2n) is 7.28. The van der Waals surface area contributed by atoms with Gasteiger partial charge < -0.3 is 15.0 Å². The Labute approximate surface area is 161 Å². The fourth-order valence-corrected chi connectivity index (χ4v) is 3.27. The lowest BCUT2D eigenvalue weighted by Crippen LogP contribution is -3.14. The predicted octanol–water partition coefficient (Wildman–Crippen LogP) is 2.09. The molecule has 0 spiro atoms. The summed E-state index contributed by atoms with van der Waals surface area (Å²) in [5, 5.41) is 3.19. The molecule has 1 fully saturated rings. The summed E-state index contributed by atoms with van der Waals surface area (Å²) in [6.07, 6.45) is 3.49. The molecule has 1 atom stereocenters.